The zero-order chi connectivity index (χ0) is 19.2. The van der Waals surface area contributed by atoms with Gasteiger partial charge in [0.25, 0.3) is 0 Å². The lowest BCUT2D eigenvalue weighted by Gasteiger charge is -2.22. The van der Waals surface area contributed by atoms with Crippen LogP contribution in [0, 0.1) is 0 Å². The van der Waals surface area contributed by atoms with Crippen molar-refractivity contribution in [2.75, 3.05) is 24.7 Å². The first-order valence-corrected chi connectivity index (χ1v) is 10.7. The van der Waals surface area contributed by atoms with E-state index < -0.39 is 0 Å². The third kappa shape index (κ3) is 5.03. The Labute approximate surface area is 165 Å². The van der Waals surface area contributed by atoms with Crippen LogP contribution in [0.1, 0.15) is 39.0 Å². The fraction of sp³-hybridized carbons (Fsp3) is 0.550. The number of thioether (sulfide) groups is 1. The summed E-state index contributed by atoms with van der Waals surface area (Å²) < 4.78 is 2.07. The first kappa shape index (κ1) is 19.7. The molecule has 3 rings (SSSR count). The number of benzene rings is 1. The van der Waals surface area contributed by atoms with Crippen LogP contribution < -0.4 is 10.2 Å². The number of carbonyl (C=O) groups excluding carboxylic acids is 1. The second-order valence-electron chi connectivity index (χ2n) is 7.18. The molecule has 1 aliphatic carbocycles. The first-order chi connectivity index (χ1) is 13.1. The summed E-state index contributed by atoms with van der Waals surface area (Å²) in [6.45, 7) is 2.84. The number of rotatable bonds is 7. The normalized spacial score (nSPS) is 14.9. The van der Waals surface area contributed by atoms with Crippen LogP contribution >= 0.6 is 11.8 Å². The minimum absolute atomic E-state index is 0.0921. The van der Waals surface area contributed by atoms with Gasteiger partial charge in [-0.05, 0) is 44.0 Å². The molecule has 2 aromatic rings. The van der Waals surface area contributed by atoms with E-state index in [1.54, 1.807) is 0 Å². The Morgan fingerprint density at radius 3 is 2.52 bits per heavy atom. The van der Waals surface area contributed by atoms with Gasteiger partial charge in [0.05, 0.1) is 5.75 Å². The van der Waals surface area contributed by atoms with Gasteiger partial charge in [-0.15, -0.1) is 10.2 Å². The average molecular weight is 388 g/mol. The van der Waals surface area contributed by atoms with Gasteiger partial charge < -0.3 is 14.8 Å². The molecule has 1 amide bonds. The maximum atomic E-state index is 12.3. The molecule has 0 spiro atoms. The highest BCUT2D eigenvalue weighted by molar-refractivity contribution is 7.99. The summed E-state index contributed by atoms with van der Waals surface area (Å²) in [6.07, 6.45) is 5.94. The molecule has 0 aliphatic heterocycles. The van der Waals surface area contributed by atoms with Crippen molar-refractivity contribution >= 4 is 23.4 Å². The van der Waals surface area contributed by atoms with Crippen LogP contribution in [-0.4, -0.2) is 46.6 Å². The van der Waals surface area contributed by atoms with E-state index >= 15 is 0 Å². The molecule has 1 heterocycles. The quantitative estimate of drug-likeness (QED) is 0.736. The molecule has 1 aromatic heterocycles. The summed E-state index contributed by atoms with van der Waals surface area (Å²) in [7, 11) is 4.05. The minimum atomic E-state index is 0.0921. The van der Waals surface area contributed by atoms with Crippen LogP contribution in [0.15, 0.2) is 29.4 Å². The zero-order valence-corrected chi connectivity index (χ0v) is 17.3. The van der Waals surface area contributed by atoms with Crippen molar-refractivity contribution in [2.45, 2.75) is 56.8 Å². The largest absolute Gasteiger partial charge is 0.378 e. The third-order valence-corrected chi connectivity index (χ3v) is 5.94. The van der Waals surface area contributed by atoms with Crippen LogP contribution in [0.2, 0.25) is 0 Å². The summed E-state index contributed by atoms with van der Waals surface area (Å²) in [4.78, 5) is 14.3. The van der Waals surface area contributed by atoms with Crippen molar-refractivity contribution in [3.8, 4) is 11.4 Å². The molecule has 0 radical (unpaired) electrons. The molecule has 146 valence electrons. The van der Waals surface area contributed by atoms with E-state index in [9.17, 15) is 4.79 Å². The van der Waals surface area contributed by atoms with Crippen molar-refractivity contribution < 1.29 is 4.79 Å². The van der Waals surface area contributed by atoms with Gasteiger partial charge >= 0.3 is 0 Å². The molecule has 0 atom stereocenters. The number of anilines is 1. The molecule has 1 aliphatic rings. The standard InChI is InChI=1S/C20H29N5OS/c1-4-25-19(15-10-12-17(13-11-15)24(2)3)22-23-20(25)27-14-18(26)21-16-8-6-5-7-9-16/h10-13,16H,4-9,14H2,1-3H3,(H,21,26). The smallest absolute Gasteiger partial charge is 0.230 e. The van der Waals surface area contributed by atoms with Crippen molar-refractivity contribution in [1.29, 1.82) is 0 Å². The fourth-order valence-electron chi connectivity index (χ4n) is 3.45. The lowest BCUT2D eigenvalue weighted by Crippen LogP contribution is -2.37. The van der Waals surface area contributed by atoms with Crippen molar-refractivity contribution in [1.82, 2.24) is 20.1 Å². The Kier molecular flexibility index (Phi) is 6.77. The minimum Gasteiger partial charge on any atom is -0.378 e. The monoisotopic (exact) mass is 387 g/mol. The maximum absolute atomic E-state index is 12.3. The summed E-state index contributed by atoms with van der Waals surface area (Å²) in [5, 5.41) is 12.7. The zero-order valence-electron chi connectivity index (χ0n) is 16.4. The Morgan fingerprint density at radius 2 is 1.89 bits per heavy atom. The molecule has 1 fully saturated rings. The SMILES string of the molecule is CCn1c(SCC(=O)NC2CCCCC2)nnc1-c1ccc(N(C)C)cc1. The van der Waals surface area contributed by atoms with Crippen molar-refractivity contribution in [3.63, 3.8) is 0 Å². The predicted molar refractivity (Wildman–Crippen MR) is 111 cm³/mol. The van der Waals surface area contributed by atoms with Gasteiger partial charge in [-0.25, -0.2) is 0 Å². The molecular weight excluding hydrogens is 358 g/mol. The summed E-state index contributed by atoms with van der Waals surface area (Å²) in [5.74, 6) is 1.32. The van der Waals surface area contributed by atoms with Gasteiger partial charge in [0, 0.05) is 37.9 Å². The Morgan fingerprint density at radius 1 is 1.19 bits per heavy atom. The van der Waals surface area contributed by atoms with E-state index in [-0.39, 0.29) is 5.91 Å². The van der Waals surface area contributed by atoms with E-state index in [0.717, 1.165) is 41.6 Å². The fourth-order valence-corrected chi connectivity index (χ4v) is 4.26. The number of hydrogen-bond donors (Lipinski definition) is 1. The highest BCUT2D eigenvalue weighted by Crippen LogP contribution is 2.26. The van der Waals surface area contributed by atoms with Crippen LogP contribution in [0.3, 0.4) is 0 Å². The molecule has 0 unspecified atom stereocenters. The topological polar surface area (TPSA) is 63.1 Å². The number of carbonyl (C=O) groups is 1. The van der Waals surface area contributed by atoms with E-state index in [0.29, 0.717) is 11.8 Å². The molecule has 1 saturated carbocycles. The predicted octanol–water partition coefficient (Wildman–Crippen LogP) is 3.57. The van der Waals surface area contributed by atoms with Crippen LogP contribution in [0.4, 0.5) is 5.69 Å². The van der Waals surface area contributed by atoms with Crippen molar-refractivity contribution in [2.24, 2.45) is 0 Å². The second kappa shape index (κ2) is 9.26. The van der Waals surface area contributed by atoms with E-state index in [2.05, 4.69) is 56.2 Å². The van der Waals surface area contributed by atoms with Crippen molar-refractivity contribution in [3.05, 3.63) is 24.3 Å². The van der Waals surface area contributed by atoms with Gasteiger partial charge in [-0.1, -0.05) is 31.0 Å². The molecule has 27 heavy (non-hydrogen) atoms. The second-order valence-corrected chi connectivity index (χ2v) is 8.13. The summed E-state index contributed by atoms with van der Waals surface area (Å²) >= 11 is 1.46. The van der Waals surface area contributed by atoms with Gasteiger partial charge in [0.1, 0.15) is 0 Å². The highest BCUT2D eigenvalue weighted by Gasteiger charge is 2.18. The highest BCUT2D eigenvalue weighted by atomic mass is 32.2. The number of nitrogens with one attached hydrogen (secondary N) is 1. The molecule has 7 heteroatoms. The Bertz CT molecular complexity index is 750. The van der Waals surface area contributed by atoms with Gasteiger partial charge in [0.2, 0.25) is 5.91 Å². The molecule has 1 N–H and O–H groups in total. The third-order valence-electron chi connectivity index (χ3n) is 4.98. The molecular formula is C20H29N5OS. The van der Waals surface area contributed by atoms with Gasteiger partial charge in [-0.3, -0.25) is 4.79 Å². The Balaban J connectivity index is 1.63. The van der Waals surface area contributed by atoms with E-state index in [4.69, 9.17) is 0 Å². The number of hydrogen-bond acceptors (Lipinski definition) is 5. The summed E-state index contributed by atoms with van der Waals surface area (Å²) in [5.41, 5.74) is 2.18. The lowest BCUT2D eigenvalue weighted by atomic mass is 9.95. The van der Waals surface area contributed by atoms with E-state index in [1.807, 2.05) is 14.1 Å². The molecule has 6 nitrogen and oxygen atoms in total. The average Bonchev–Trinajstić information content (AvgIpc) is 3.10. The van der Waals surface area contributed by atoms with Gasteiger partial charge in [0.15, 0.2) is 11.0 Å². The van der Waals surface area contributed by atoms with Crippen LogP contribution in [-0.2, 0) is 11.3 Å². The maximum Gasteiger partial charge on any atom is 0.230 e. The molecule has 0 saturated heterocycles. The molecule has 1 aromatic carbocycles. The molecule has 0 bridgehead atoms. The van der Waals surface area contributed by atoms with Crippen LogP contribution in [0.25, 0.3) is 11.4 Å². The number of aromatic nitrogens is 3. The van der Waals surface area contributed by atoms with Gasteiger partial charge in [-0.2, -0.15) is 0 Å². The number of nitrogens with zero attached hydrogens (tertiary/aromatic N) is 4. The lowest BCUT2D eigenvalue weighted by molar-refractivity contribution is -0.119. The van der Waals surface area contributed by atoms with E-state index in [1.165, 1.54) is 31.0 Å². The Hall–Kier alpha value is -2.02. The summed E-state index contributed by atoms with van der Waals surface area (Å²) in [6, 6.07) is 8.63. The first-order valence-electron chi connectivity index (χ1n) is 9.71. The van der Waals surface area contributed by atoms with Crippen LogP contribution in [0.5, 0.6) is 0 Å². The number of amides is 1.